The number of aromatic amines is 1. The van der Waals surface area contributed by atoms with Gasteiger partial charge in [-0.15, -0.1) is 0 Å². The number of aliphatic hydroxyl groups is 2. The van der Waals surface area contributed by atoms with E-state index in [9.17, 15) is 0 Å². The molecule has 4 nitrogen and oxygen atoms in total. The zero-order valence-electron chi connectivity index (χ0n) is 6.73. The van der Waals surface area contributed by atoms with Gasteiger partial charge in [-0.05, 0) is 24.3 Å². The van der Waals surface area contributed by atoms with Crippen LogP contribution in [-0.4, -0.2) is 20.3 Å². The molecule has 4 N–H and O–H groups in total. The number of hydrogen-bond donors (Lipinski definition) is 4. The molecule has 0 spiro atoms. The van der Waals surface area contributed by atoms with Gasteiger partial charge in [-0.3, -0.25) is 0 Å². The maximum absolute atomic E-state index is 9.14. The number of rotatable bonds is 1. The lowest BCUT2D eigenvalue weighted by Gasteiger charge is -1.96. The molecule has 0 unspecified atom stereocenters. The fourth-order valence-electron chi connectivity index (χ4n) is 1.28. The summed E-state index contributed by atoms with van der Waals surface area (Å²) in [5.74, 6) is 0.158. The molecule has 0 aliphatic heterocycles. The van der Waals surface area contributed by atoms with Gasteiger partial charge in [0.15, 0.2) is 6.29 Å². The lowest BCUT2D eigenvalue weighted by atomic mass is 10.2. The molecule has 2 aromatic rings. The topological polar surface area (TPSA) is 76.5 Å². The number of aromatic nitrogens is 1. The lowest BCUT2D eigenvalue weighted by Crippen LogP contribution is -1.93. The molecule has 13 heavy (non-hydrogen) atoms. The fourth-order valence-corrected chi connectivity index (χ4v) is 1.28. The summed E-state index contributed by atoms with van der Waals surface area (Å²) in [6, 6.07) is 6.35. The quantitative estimate of drug-likeness (QED) is 0.490. The van der Waals surface area contributed by atoms with Crippen LogP contribution in [0.3, 0.4) is 0 Å². The van der Waals surface area contributed by atoms with Gasteiger partial charge in [0.2, 0.25) is 0 Å². The number of hydrogen-bond acceptors (Lipinski definition) is 3. The van der Waals surface area contributed by atoms with E-state index in [1.807, 2.05) is 0 Å². The molecule has 1 aromatic carbocycles. The first-order chi connectivity index (χ1) is 6.16. The van der Waals surface area contributed by atoms with Crippen LogP contribution in [-0.2, 0) is 0 Å². The Balaban J connectivity index is 2.62. The standard InChI is InChI=1S/C9H9NO3/c11-6-1-2-7-5(3-6)4-8(10-7)9(12)13/h1-4,9-13H. The summed E-state index contributed by atoms with van der Waals surface area (Å²) in [6.45, 7) is 0. The third-order valence-electron chi connectivity index (χ3n) is 1.90. The van der Waals surface area contributed by atoms with Crippen molar-refractivity contribution < 1.29 is 15.3 Å². The van der Waals surface area contributed by atoms with E-state index < -0.39 is 6.29 Å². The first kappa shape index (κ1) is 8.10. The Labute approximate surface area is 74.1 Å². The molecule has 0 aliphatic rings. The molecule has 0 radical (unpaired) electrons. The summed E-state index contributed by atoms with van der Waals surface area (Å²) in [6.07, 6.45) is -1.51. The Morgan fingerprint density at radius 2 is 1.92 bits per heavy atom. The average Bonchev–Trinajstić information content (AvgIpc) is 2.46. The van der Waals surface area contributed by atoms with E-state index >= 15 is 0 Å². The zero-order chi connectivity index (χ0) is 9.42. The van der Waals surface area contributed by atoms with Crippen LogP contribution >= 0.6 is 0 Å². The molecule has 0 atom stereocenters. The molecule has 2 rings (SSSR count). The van der Waals surface area contributed by atoms with Crippen LogP contribution in [0.1, 0.15) is 12.0 Å². The van der Waals surface area contributed by atoms with Crippen LogP contribution in [0.25, 0.3) is 10.9 Å². The Morgan fingerprint density at radius 1 is 1.15 bits per heavy atom. The van der Waals surface area contributed by atoms with Gasteiger partial charge in [-0.1, -0.05) is 0 Å². The van der Waals surface area contributed by atoms with Crippen LogP contribution in [0.15, 0.2) is 24.3 Å². The summed E-state index contributed by atoms with van der Waals surface area (Å²) >= 11 is 0. The minimum Gasteiger partial charge on any atom is -0.508 e. The average molecular weight is 179 g/mol. The summed E-state index contributed by atoms with van der Waals surface area (Å²) in [5.41, 5.74) is 1.08. The predicted molar refractivity (Wildman–Crippen MR) is 47.1 cm³/mol. The Bertz CT molecular complexity index is 433. The third-order valence-corrected chi connectivity index (χ3v) is 1.90. The molecular formula is C9H9NO3. The van der Waals surface area contributed by atoms with Gasteiger partial charge in [-0.2, -0.15) is 0 Å². The highest BCUT2D eigenvalue weighted by Crippen LogP contribution is 2.22. The van der Waals surface area contributed by atoms with E-state index in [0.717, 1.165) is 10.9 Å². The van der Waals surface area contributed by atoms with Crippen molar-refractivity contribution in [1.29, 1.82) is 0 Å². The van der Waals surface area contributed by atoms with E-state index in [0.29, 0.717) is 5.69 Å². The monoisotopic (exact) mass is 179 g/mol. The van der Waals surface area contributed by atoms with Crippen molar-refractivity contribution in [3.63, 3.8) is 0 Å². The molecule has 68 valence electrons. The van der Waals surface area contributed by atoms with Gasteiger partial charge in [0.05, 0.1) is 5.69 Å². The minimum absolute atomic E-state index is 0.158. The highest BCUT2D eigenvalue weighted by atomic mass is 16.5. The van der Waals surface area contributed by atoms with Gasteiger partial charge < -0.3 is 20.3 Å². The summed E-state index contributed by atoms with van der Waals surface area (Å²) < 4.78 is 0. The second kappa shape index (κ2) is 2.76. The smallest absolute Gasteiger partial charge is 0.193 e. The van der Waals surface area contributed by atoms with E-state index in [-0.39, 0.29) is 5.75 Å². The van der Waals surface area contributed by atoms with Crippen molar-refractivity contribution in [1.82, 2.24) is 4.98 Å². The predicted octanol–water partition coefficient (Wildman–Crippen LogP) is 0.857. The second-order valence-corrected chi connectivity index (χ2v) is 2.87. The highest BCUT2D eigenvalue weighted by Gasteiger charge is 2.06. The minimum atomic E-state index is -1.51. The largest absolute Gasteiger partial charge is 0.508 e. The lowest BCUT2D eigenvalue weighted by molar-refractivity contribution is -0.0453. The molecular weight excluding hydrogens is 170 g/mol. The molecule has 1 aromatic heterocycles. The van der Waals surface area contributed by atoms with Crippen LogP contribution in [0.2, 0.25) is 0 Å². The van der Waals surface area contributed by atoms with Crippen molar-refractivity contribution in [3.8, 4) is 5.75 Å². The number of aromatic hydroxyl groups is 1. The maximum Gasteiger partial charge on any atom is 0.193 e. The van der Waals surface area contributed by atoms with Gasteiger partial charge in [-0.25, -0.2) is 0 Å². The van der Waals surface area contributed by atoms with E-state index in [1.165, 1.54) is 6.07 Å². The highest BCUT2D eigenvalue weighted by molar-refractivity contribution is 5.81. The number of benzene rings is 1. The number of phenols is 1. The van der Waals surface area contributed by atoms with Gasteiger partial charge >= 0.3 is 0 Å². The molecule has 4 heteroatoms. The van der Waals surface area contributed by atoms with Crippen LogP contribution in [0, 0.1) is 0 Å². The number of aliphatic hydroxyl groups excluding tert-OH is 1. The Kier molecular flexibility index (Phi) is 1.72. The van der Waals surface area contributed by atoms with Crippen LogP contribution < -0.4 is 0 Å². The number of phenolic OH excluding ortho intramolecular Hbond substituents is 1. The van der Waals surface area contributed by atoms with E-state index in [4.69, 9.17) is 15.3 Å². The van der Waals surface area contributed by atoms with Crippen molar-refractivity contribution in [3.05, 3.63) is 30.0 Å². The SMILES string of the molecule is Oc1ccc2[nH]c(C(O)O)cc2c1. The normalized spacial score (nSPS) is 11.3. The van der Waals surface area contributed by atoms with Crippen molar-refractivity contribution >= 4 is 10.9 Å². The fraction of sp³-hybridized carbons (Fsp3) is 0.111. The summed E-state index contributed by atoms with van der Waals surface area (Å²) in [5, 5.41) is 27.6. The maximum atomic E-state index is 9.14. The summed E-state index contributed by atoms with van der Waals surface area (Å²) in [4.78, 5) is 2.81. The van der Waals surface area contributed by atoms with Crippen LogP contribution in [0.4, 0.5) is 0 Å². The van der Waals surface area contributed by atoms with Crippen molar-refractivity contribution in [2.24, 2.45) is 0 Å². The Hall–Kier alpha value is -1.52. The van der Waals surface area contributed by atoms with Gasteiger partial charge in [0, 0.05) is 10.9 Å². The first-order valence-electron chi connectivity index (χ1n) is 3.84. The number of fused-ring (bicyclic) bond motifs is 1. The summed E-state index contributed by atoms with van der Waals surface area (Å²) in [7, 11) is 0. The van der Waals surface area contributed by atoms with Gasteiger partial charge in [0.1, 0.15) is 5.75 Å². The molecule has 0 bridgehead atoms. The molecule has 0 amide bonds. The molecule has 0 saturated carbocycles. The molecule has 0 saturated heterocycles. The number of H-pyrrole nitrogens is 1. The second-order valence-electron chi connectivity index (χ2n) is 2.87. The molecule has 0 aliphatic carbocycles. The van der Waals surface area contributed by atoms with Crippen molar-refractivity contribution in [2.75, 3.05) is 0 Å². The van der Waals surface area contributed by atoms with Crippen molar-refractivity contribution in [2.45, 2.75) is 6.29 Å². The Morgan fingerprint density at radius 3 is 2.62 bits per heavy atom. The molecule has 0 fully saturated rings. The van der Waals surface area contributed by atoms with Crippen LogP contribution in [0.5, 0.6) is 5.75 Å². The van der Waals surface area contributed by atoms with E-state index in [1.54, 1.807) is 18.2 Å². The first-order valence-corrected chi connectivity index (χ1v) is 3.84. The van der Waals surface area contributed by atoms with Gasteiger partial charge in [0.25, 0.3) is 0 Å². The number of nitrogens with one attached hydrogen (secondary N) is 1. The third kappa shape index (κ3) is 1.37. The molecule has 1 heterocycles. The zero-order valence-corrected chi connectivity index (χ0v) is 6.73. The van der Waals surface area contributed by atoms with E-state index in [2.05, 4.69) is 4.98 Å².